The van der Waals surface area contributed by atoms with E-state index >= 15 is 0 Å². The summed E-state index contributed by atoms with van der Waals surface area (Å²) in [5, 5.41) is 5.59. The lowest BCUT2D eigenvalue weighted by Crippen LogP contribution is -2.18. The second kappa shape index (κ2) is 6.24. The lowest BCUT2D eigenvalue weighted by Gasteiger charge is -2.14. The fraction of sp³-hybridized carbons (Fsp3) is 0.158. The minimum Gasteiger partial charge on any atom is -0.462 e. The Morgan fingerprint density at radius 2 is 2.00 bits per heavy atom. The summed E-state index contributed by atoms with van der Waals surface area (Å²) in [4.78, 5) is 26.0. The van der Waals surface area contributed by atoms with Gasteiger partial charge in [0.1, 0.15) is 10.9 Å². The van der Waals surface area contributed by atoms with Gasteiger partial charge in [0.2, 0.25) is 0 Å². The molecule has 0 spiro atoms. The van der Waals surface area contributed by atoms with Gasteiger partial charge in [-0.05, 0) is 19.1 Å². The Hall–Kier alpha value is -3.58. The summed E-state index contributed by atoms with van der Waals surface area (Å²) >= 11 is 0. The van der Waals surface area contributed by atoms with Gasteiger partial charge in [0.25, 0.3) is 0 Å². The molecular formula is C19H12F3N3O3. The second-order valence-electron chi connectivity index (χ2n) is 6.00. The van der Waals surface area contributed by atoms with E-state index in [0.29, 0.717) is 26.4 Å². The molecule has 0 aliphatic rings. The molecule has 28 heavy (non-hydrogen) atoms. The molecule has 2 aromatic carbocycles. The van der Waals surface area contributed by atoms with E-state index in [1.807, 2.05) is 0 Å². The molecule has 0 bridgehead atoms. The number of alkyl halides is 3. The Labute approximate surface area is 155 Å². The van der Waals surface area contributed by atoms with E-state index < -0.39 is 23.4 Å². The van der Waals surface area contributed by atoms with Crippen molar-refractivity contribution < 1.29 is 27.5 Å². The van der Waals surface area contributed by atoms with Crippen LogP contribution in [0.3, 0.4) is 0 Å². The number of halogens is 3. The Balaban J connectivity index is 2.06. The Kier molecular flexibility index (Phi) is 3.97. The van der Waals surface area contributed by atoms with Crippen LogP contribution in [0.1, 0.15) is 23.0 Å². The van der Waals surface area contributed by atoms with Crippen molar-refractivity contribution in [2.24, 2.45) is 0 Å². The SMILES string of the molecule is CCOC(=O)c1cnn(-c2ccc3[nH]c(=C=O)c4cccc2c34)c1C(F)(F)F. The summed E-state index contributed by atoms with van der Waals surface area (Å²) < 4.78 is 46.7. The van der Waals surface area contributed by atoms with Gasteiger partial charge >= 0.3 is 12.1 Å². The molecule has 4 rings (SSSR count). The third kappa shape index (κ3) is 2.56. The van der Waals surface area contributed by atoms with Gasteiger partial charge in [0.15, 0.2) is 11.6 Å². The normalized spacial score (nSPS) is 11.9. The van der Waals surface area contributed by atoms with Gasteiger partial charge in [-0.3, -0.25) is 0 Å². The highest BCUT2D eigenvalue weighted by atomic mass is 19.4. The van der Waals surface area contributed by atoms with Crippen molar-refractivity contribution >= 4 is 33.6 Å². The minimum absolute atomic E-state index is 0.0607. The van der Waals surface area contributed by atoms with Crippen LogP contribution >= 0.6 is 0 Å². The summed E-state index contributed by atoms with van der Waals surface area (Å²) in [5.41, 5.74) is -1.18. The maximum absolute atomic E-state index is 13.8. The summed E-state index contributed by atoms with van der Waals surface area (Å²) in [6.45, 7) is 1.44. The number of nitrogens with one attached hydrogen (secondary N) is 1. The minimum atomic E-state index is -4.84. The molecule has 2 heterocycles. The van der Waals surface area contributed by atoms with E-state index in [1.54, 1.807) is 30.2 Å². The van der Waals surface area contributed by atoms with Crippen LogP contribution in [-0.4, -0.2) is 33.3 Å². The summed E-state index contributed by atoms with van der Waals surface area (Å²) in [7, 11) is 0. The molecule has 2 aromatic heterocycles. The van der Waals surface area contributed by atoms with Gasteiger partial charge in [-0.1, -0.05) is 18.2 Å². The second-order valence-corrected chi connectivity index (χ2v) is 6.00. The topological polar surface area (TPSA) is 77.0 Å². The van der Waals surface area contributed by atoms with Crippen molar-refractivity contribution in [1.29, 1.82) is 0 Å². The van der Waals surface area contributed by atoms with Crippen LogP contribution in [0.2, 0.25) is 0 Å². The number of carbonyl (C=O) groups is 1. The predicted molar refractivity (Wildman–Crippen MR) is 93.9 cm³/mol. The number of rotatable bonds is 3. The van der Waals surface area contributed by atoms with Crippen LogP contribution in [0, 0.1) is 0 Å². The number of H-pyrrole nitrogens is 1. The average molecular weight is 387 g/mol. The molecule has 9 heteroatoms. The van der Waals surface area contributed by atoms with Crippen molar-refractivity contribution in [3.63, 3.8) is 0 Å². The molecule has 4 aromatic rings. The highest BCUT2D eigenvalue weighted by Crippen LogP contribution is 2.36. The van der Waals surface area contributed by atoms with E-state index in [4.69, 9.17) is 4.74 Å². The molecule has 0 saturated carbocycles. The quantitative estimate of drug-likeness (QED) is 0.549. The molecule has 142 valence electrons. The summed E-state index contributed by atoms with van der Waals surface area (Å²) in [6.07, 6.45) is -3.99. The number of aromatic nitrogens is 3. The zero-order valence-electron chi connectivity index (χ0n) is 14.4. The van der Waals surface area contributed by atoms with Crippen LogP contribution < -0.4 is 5.35 Å². The van der Waals surface area contributed by atoms with Crippen LogP contribution in [0.4, 0.5) is 13.2 Å². The van der Waals surface area contributed by atoms with Crippen molar-refractivity contribution in [3.05, 3.63) is 53.1 Å². The fourth-order valence-corrected chi connectivity index (χ4v) is 3.33. The fourth-order valence-electron chi connectivity index (χ4n) is 3.33. The number of carbonyl (C=O) groups excluding carboxylic acids is 2. The largest absolute Gasteiger partial charge is 0.462 e. The highest BCUT2D eigenvalue weighted by molar-refractivity contribution is 6.13. The summed E-state index contributed by atoms with van der Waals surface area (Å²) in [5.74, 6) is 0.693. The van der Waals surface area contributed by atoms with Crippen molar-refractivity contribution in [3.8, 4) is 5.69 Å². The zero-order valence-corrected chi connectivity index (χ0v) is 14.4. The van der Waals surface area contributed by atoms with Gasteiger partial charge in [0, 0.05) is 21.7 Å². The number of nitrogens with zero attached hydrogens (tertiary/aromatic N) is 2. The molecule has 0 aliphatic heterocycles. The van der Waals surface area contributed by atoms with E-state index in [-0.39, 0.29) is 17.6 Å². The molecule has 0 saturated heterocycles. The summed E-state index contributed by atoms with van der Waals surface area (Å²) in [6, 6.07) is 7.92. The first-order valence-electron chi connectivity index (χ1n) is 8.27. The number of esters is 1. The first-order valence-corrected chi connectivity index (χ1v) is 8.27. The predicted octanol–water partition coefficient (Wildman–Crippen LogP) is 2.92. The van der Waals surface area contributed by atoms with Gasteiger partial charge in [-0.25, -0.2) is 14.3 Å². The molecule has 0 radical (unpaired) electrons. The smallest absolute Gasteiger partial charge is 0.434 e. The molecule has 0 amide bonds. The monoisotopic (exact) mass is 387 g/mol. The third-order valence-electron chi connectivity index (χ3n) is 4.41. The maximum Gasteiger partial charge on any atom is 0.434 e. The Morgan fingerprint density at radius 1 is 1.25 bits per heavy atom. The average Bonchev–Trinajstić information content (AvgIpc) is 3.25. The Bertz CT molecular complexity index is 1300. The van der Waals surface area contributed by atoms with E-state index in [1.165, 1.54) is 13.0 Å². The standard InChI is InChI=1S/C19H12F3N3O3/c1-2-28-18(27)12-8-23-25(17(12)19(20,21)22)15-7-6-13-16-10(14(9-26)24-13)4-3-5-11(15)16/h3-8,24H,2H2,1H3. The third-order valence-corrected chi connectivity index (χ3v) is 4.41. The van der Waals surface area contributed by atoms with E-state index in [2.05, 4.69) is 10.1 Å². The van der Waals surface area contributed by atoms with Crippen molar-refractivity contribution in [2.45, 2.75) is 13.1 Å². The van der Waals surface area contributed by atoms with Crippen molar-refractivity contribution in [1.82, 2.24) is 14.8 Å². The zero-order chi connectivity index (χ0) is 20.1. The molecule has 1 N–H and O–H groups in total. The molecule has 0 atom stereocenters. The van der Waals surface area contributed by atoms with Gasteiger partial charge in [-0.15, -0.1) is 0 Å². The molecule has 0 fully saturated rings. The number of hydrogen-bond acceptors (Lipinski definition) is 4. The maximum atomic E-state index is 13.8. The van der Waals surface area contributed by atoms with E-state index in [9.17, 15) is 22.8 Å². The van der Waals surface area contributed by atoms with Crippen LogP contribution in [0.15, 0.2) is 36.5 Å². The molecule has 0 aliphatic carbocycles. The number of benzene rings is 2. The Morgan fingerprint density at radius 3 is 2.68 bits per heavy atom. The lowest BCUT2D eigenvalue weighted by atomic mass is 10.1. The lowest BCUT2D eigenvalue weighted by molar-refractivity contribution is -0.143. The van der Waals surface area contributed by atoms with Crippen LogP contribution in [0.25, 0.3) is 27.4 Å². The molecule has 6 nitrogen and oxygen atoms in total. The van der Waals surface area contributed by atoms with Crippen LogP contribution in [-0.2, 0) is 15.7 Å². The number of hydrogen-bond donors (Lipinski definition) is 1. The number of aromatic amines is 1. The first kappa shape index (κ1) is 17.8. The highest BCUT2D eigenvalue weighted by Gasteiger charge is 2.41. The first-order chi connectivity index (χ1) is 13.4. The molecule has 0 unspecified atom stereocenters. The number of ether oxygens (including phenoxy) is 1. The van der Waals surface area contributed by atoms with Crippen molar-refractivity contribution in [2.75, 3.05) is 6.61 Å². The van der Waals surface area contributed by atoms with Gasteiger partial charge in [-0.2, -0.15) is 18.3 Å². The van der Waals surface area contributed by atoms with Gasteiger partial charge in [0.05, 0.1) is 18.5 Å². The molecular weight excluding hydrogens is 375 g/mol. The van der Waals surface area contributed by atoms with Gasteiger partial charge < -0.3 is 9.72 Å². The van der Waals surface area contributed by atoms with E-state index in [0.717, 1.165) is 6.20 Å². The van der Waals surface area contributed by atoms with Crippen LogP contribution in [0.5, 0.6) is 0 Å².